The normalized spacial score (nSPS) is 18.1. The first-order valence-electron chi connectivity index (χ1n) is 9.78. The van der Waals surface area contributed by atoms with Crippen molar-refractivity contribution in [2.75, 3.05) is 31.1 Å². The quantitative estimate of drug-likeness (QED) is 0.649. The van der Waals surface area contributed by atoms with Crippen LogP contribution in [0, 0.1) is 5.92 Å². The van der Waals surface area contributed by atoms with Crippen molar-refractivity contribution in [3.05, 3.63) is 18.0 Å². The molecule has 166 valence electrons. The predicted octanol–water partition coefficient (Wildman–Crippen LogP) is 1.05. The molecule has 0 N–H and O–H groups in total. The molecule has 4 rings (SSSR count). The molecule has 0 spiro atoms. The average Bonchev–Trinajstić information content (AvgIpc) is 3.37. The van der Waals surface area contributed by atoms with Crippen molar-refractivity contribution < 1.29 is 32.3 Å². The number of alkyl halides is 3. The van der Waals surface area contributed by atoms with Crippen molar-refractivity contribution in [1.29, 1.82) is 0 Å². The Morgan fingerprint density at radius 3 is 2.52 bits per heavy atom. The monoisotopic (exact) mass is 440 g/mol. The Morgan fingerprint density at radius 1 is 1.13 bits per heavy atom. The summed E-state index contributed by atoms with van der Waals surface area (Å²) in [4.78, 5) is 38.7. The SMILES string of the molecule is O=C(OCC(=O)N1CCCC1=O)C1CCN(c2ccc3nnc(C(F)(F)F)n3n2)CC1. The summed E-state index contributed by atoms with van der Waals surface area (Å²) in [5.74, 6) is -2.65. The Bertz CT molecular complexity index is 1020. The maximum Gasteiger partial charge on any atom is 0.453 e. The molecule has 2 aliphatic heterocycles. The van der Waals surface area contributed by atoms with Crippen molar-refractivity contribution in [2.45, 2.75) is 31.9 Å². The number of likely N-dealkylation sites (tertiary alicyclic amines) is 1. The molecule has 0 aromatic carbocycles. The van der Waals surface area contributed by atoms with E-state index in [1.165, 1.54) is 6.07 Å². The van der Waals surface area contributed by atoms with E-state index in [0.29, 0.717) is 55.7 Å². The molecule has 4 heterocycles. The fraction of sp³-hybridized carbons (Fsp3) is 0.556. The molecule has 0 radical (unpaired) electrons. The number of halogens is 3. The Balaban J connectivity index is 1.33. The molecule has 0 unspecified atom stereocenters. The minimum absolute atomic E-state index is 0.0179. The number of piperidine rings is 1. The molecule has 2 aromatic rings. The van der Waals surface area contributed by atoms with Gasteiger partial charge in [0.05, 0.1) is 5.92 Å². The summed E-state index contributed by atoms with van der Waals surface area (Å²) in [6.07, 6.45) is -2.97. The van der Waals surface area contributed by atoms with Crippen LogP contribution < -0.4 is 4.90 Å². The van der Waals surface area contributed by atoms with Crippen molar-refractivity contribution in [1.82, 2.24) is 24.7 Å². The maximum absolute atomic E-state index is 13.0. The third kappa shape index (κ3) is 4.30. The Labute approximate surface area is 173 Å². The van der Waals surface area contributed by atoms with Crippen LogP contribution in [0.15, 0.2) is 12.1 Å². The molecule has 2 fully saturated rings. The molecule has 13 heteroatoms. The molecular formula is C18H19F3N6O4. The first-order chi connectivity index (χ1) is 14.7. The number of carbonyl (C=O) groups excluding carboxylic acids is 3. The minimum atomic E-state index is -4.68. The van der Waals surface area contributed by atoms with Gasteiger partial charge in [-0.25, -0.2) is 0 Å². The number of hydrogen-bond acceptors (Lipinski definition) is 8. The lowest BCUT2D eigenvalue weighted by Crippen LogP contribution is -2.39. The van der Waals surface area contributed by atoms with E-state index in [0.717, 1.165) is 4.90 Å². The lowest BCUT2D eigenvalue weighted by atomic mass is 9.97. The number of nitrogens with zero attached hydrogens (tertiary/aromatic N) is 6. The van der Waals surface area contributed by atoms with Crippen molar-refractivity contribution >= 4 is 29.2 Å². The molecule has 0 aliphatic carbocycles. The smallest absolute Gasteiger partial charge is 0.453 e. The van der Waals surface area contributed by atoms with Gasteiger partial charge in [-0.3, -0.25) is 19.3 Å². The fourth-order valence-corrected chi connectivity index (χ4v) is 3.71. The standard InChI is InChI=1S/C18H19F3N6O4/c19-18(20,21)17-23-22-12-3-4-13(24-27(12)17)25-8-5-11(6-9-25)16(30)31-10-15(29)26-7-1-2-14(26)28/h3-4,11H,1-2,5-10H2. The van der Waals surface area contributed by atoms with Crippen molar-refractivity contribution in [2.24, 2.45) is 5.92 Å². The molecule has 0 bridgehead atoms. The van der Waals surface area contributed by atoms with Crippen LogP contribution in [0.2, 0.25) is 0 Å². The van der Waals surface area contributed by atoms with Crippen LogP contribution in [-0.4, -0.2) is 68.7 Å². The highest BCUT2D eigenvalue weighted by Gasteiger charge is 2.38. The Morgan fingerprint density at radius 2 is 1.87 bits per heavy atom. The fourth-order valence-electron chi connectivity index (χ4n) is 3.71. The summed E-state index contributed by atoms with van der Waals surface area (Å²) in [6.45, 7) is 0.616. The van der Waals surface area contributed by atoms with Crippen LogP contribution in [0.25, 0.3) is 5.65 Å². The van der Waals surface area contributed by atoms with Crippen molar-refractivity contribution in [3.8, 4) is 0 Å². The van der Waals surface area contributed by atoms with Gasteiger partial charge in [0.1, 0.15) is 5.82 Å². The van der Waals surface area contributed by atoms with Gasteiger partial charge in [0.2, 0.25) is 5.91 Å². The average molecular weight is 440 g/mol. The number of carbonyl (C=O) groups is 3. The van der Waals surface area contributed by atoms with E-state index >= 15 is 0 Å². The Hall–Kier alpha value is -3.25. The molecule has 31 heavy (non-hydrogen) atoms. The summed E-state index contributed by atoms with van der Waals surface area (Å²) in [5, 5.41) is 10.6. The maximum atomic E-state index is 13.0. The van der Waals surface area contributed by atoms with E-state index in [1.807, 2.05) is 0 Å². The van der Waals surface area contributed by atoms with Crippen LogP contribution in [-0.2, 0) is 25.3 Å². The first kappa shape index (κ1) is 21.0. The zero-order valence-corrected chi connectivity index (χ0v) is 16.3. The number of hydrogen-bond donors (Lipinski definition) is 0. The second-order valence-corrected chi connectivity index (χ2v) is 7.39. The number of aromatic nitrogens is 4. The summed E-state index contributed by atoms with van der Waals surface area (Å²) in [6, 6.07) is 2.95. The van der Waals surface area contributed by atoms with Crippen LogP contribution in [0.3, 0.4) is 0 Å². The first-order valence-corrected chi connectivity index (χ1v) is 9.78. The highest BCUT2D eigenvalue weighted by Crippen LogP contribution is 2.29. The number of amides is 2. The number of esters is 1. The highest BCUT2D eigenvalue weighted by molar-refractivity contribution is 5.97. The summed E-state index contributed by atoms with van der Waals surface area (Å²) in [7, 11) is 0. The molecule has 0 saturated carbocycles. The second-order valence-electron chi connectivity index (χ2n) is 7.39. The molecular weight excluding hydrogens is 421 g/mol. The predicted molar refractivity (Wildman–Crippen MR) is 97.6 cm³/mol. The molecule has 2 saturated heterocycles. The number of ether oxygens (including phenoxy) is 1. The summed E-state index contributed by atoms with van der Waals surface area (Å²) in [5.41, 5.74) is -0.0179. The van der Waals surface area contributed by atoms with Gasteiger partial charge < -0.3 is 9.64 Å². The third-order valence-electron chi connectivity index (χ3n) is 5.37. The number of anilines is 1. The van der Waals surface area contributed by atoms with Gasteiger partial charge in [0.25, 0.3) is 11.7 Å². The van der Waals surface area contributed by atoms with E-state index in [9.17, 15) is 27.6 Å². The van der Waals surface area contributed by atoms with E-state index in [2.05, 4.69) is 15.3 Å². The number of rotatable bonds is 4. The van der Waals surface area contributed by atoms with Gasteiger partial charge in [-0.15, -0.1) is 15.3 Å². The summed E-state index contributed by atoms with van der Waals surface area (Å²) >= 11 is 0. The number of fused-ring (bicyclic) bond motifs is 1. The highest BCUT2D eigenvalue weighted by atomic mass is 19.4. The van der Waals surface area contributed by atoms with Gasteiger partial charge in [0.15, 0.2) is 12.3 Å². The largest absolute Gasteiger partial charge is 0.455 e. The van der Waals surface area contributed by atoms with E-state index < -0.39 is 36.4 Å². The van der Waals surface area contributed by atoms with E-state index in [-0.39, 0.29) is 11.6 Å². The molecule has 10 nitrogen and oxygen atoms in total. The van der Waals surface area contributed by atoms with Crippen molar-refractivity contribution in [3.63, 3.8) is 0 Å². The molecule has 0 atom stereocenters. The topological polar surface area (TPSA) is 110 Å². The number of imide groups is 1. The van der Waals surface area contributed by atoms with Crippen LogP contribution in [0.1, 0.15) is 31.5 Å². The molecule has 2 aromatic heterocycles. The zero-order valence-electron chi connectivity index (χ0n) is 16.3. The lowest BCUT2D eigenvalue weighted by Gasteiger charge is -2.31. The Kier molecular flexibility index (Phi) is 5.50. The van der Waals surface area contributed by atoms with Gasteiger partial charge in [0, 0.05) is 26.1 Å². The zero-order chi connectivity index (χ0) is 22.2. The second kappa shape index (κ2) is 8.12. The van der Waals surface area contributed by atoms with Gasteiger partial charge >= 0.3 is 12.1 Å². The van der Waals surface area contributed by atoms with E-state index in [4.69, 9.17) is 4.74 Å². The molecule has 2 aliphatic rings. The van der Waals surface area contributed by atoms with Crippen LogP contribution >= 0.6 is 0 Å². The van der Waals surface area contributed by atoms with Gasteiger partial charge in [-0.2, -0.15) is 17.7 Å². The third-order valence-corrected chi connectivity index (χ3v) is 5.37. The van der Waals surface area contributed by atoms with Crippen LogP contribution in [0.5, 0.6) is 0 Å². The lowest BCUT2D eigenvalue weighted by molar-refractivity contribution is -0.158. The van der Waals surface area contributed by atoms with Gasteiger partial charge in [-0.1, -0.05) is 0 Å². The van der Waals surface area contributed by atoms with E-state index in [1.54, 1.807) is 11.0 Å². The van der Waals surface area contributed by atoms with Gasteiger partial charge in [-0.05, 0) is 31.4 Å². The minimum Gasteiger partial charge on any atom is -0.455 e. The van der Waals surface area contributed by atoms with Crippen LogP contribution in [0.4, 0.5) is 19.0 Å². The summed E-state index contributed by atoms with van der Waals surface area (Å²) < 4.78 is 44.9. The molecule has 2 amide bonds.